The van der Waals surface area contributed by atoms with E-state index in [1.807, 2.05) is 6.92 Å². The Labute approximate surface area is 184 Å². The summed E-state index contributed by atoms with van der Waals surface area (Å²) in [5.41, 5.74) is 12.1. The largest absolute Gasteiger partial charge is 0.370 e. The van der Waals surface area contributed by atoms with Gasteiger partial charge in [-0.3, -0.25) is 9.59 Å². The number of carbonyl (C=O) groups excluding carboxylic acids is 2. The van der Waals surface area contributed by atoms with Crippen molar-refractivity contribution >= 4 is 23.4 Å². The summed E-state index contributed by atoms with van der Waals surface area (Å²) in [6.07, 6.45) is 11.6. The molecule has 6 heteroatoms. The highest BCUT2D eigenvalue weighted by atomic mass is 35.5. The van der Waals surface area contributed by atoms with E-state index in [0.29, 0.717) is 15.9 Å². The number of halogens is 2. The molecule has 0 aromatic heterocycles. The van der Waals surface area contributed by atoms with Crippen LogP contribution in [-0.2, 0) is 16.0 Å². The first kappa shape index (κ1) is 24.6. The molecule has 3 aliphatic rings. The second kappa shape index (κ2) is 10.1. The molecular formula is C24H36ClFN2O2. The SMILES string of the molecule is CC(N)=O.Cc1ccc(F)c(CC23CCC(C)(CC2)C3)c1Cl.NC(=O)C1CCCC1. The van der Waals surface area contributed by atoms with Crippen LogP contribution < -0.4 is 11.5 Å². The number of benzene rings is 1. The molecular weight excluding hydrogens is 403 g/mol. The van der Waals surface area contributed by atoms with Gasteiger partial charge in [0.2, 0.25) is 11.8 Å². The Morgan fingerprint density at radius 3 is 2.07 bits per heavy atom. The van der Waals surface area contributed by atoms with Gasteiger partial charge in [0.1, 0.15) is 5.82 Å². The summed E-state index contributed by atoms with van der Waals surface area (Å²) >= 11 is 6.30. The van der Waals surface area contributed by atoms with Crippen molar-refractivity contribution in [1.82, 2.24) is 0 Å². The van der Waals surface area contributed by atoms with E-state index in [1.54, 1.807) is 12.1 Å². The lowest BCUT2D eigenvalue weighted by Gasteiger charge is -2.27. The third-order valence-corrected chi connectivity index (χ3v) is 7.53. The van der Waals surface area contributed by atoms with Gasteiger partial charge in [-0.25, -0.2) is 4.39 Å². The smallest absolute Gasteiger partial charge is 0.220 e. The van der Waals surface area contributed by atoms with E-state index in [4.69, 9.17) is 17.3 Å². The number of hydrogen-bond acceptors (Lipinski definition) is 2. The fraction of sp³-hybridized carbons (Fsp3) is 0.667. The monoisotopic (exact) mass is 438 g/mol. The molecule has 1 aromatic carbocycles. The van der Waals surface area contributed by atoms with Crippen molar-refractivity contribution in [3.63, 3.8) is 0 Å². The summed E-state index contributed by atoms with van der Waals surface area (Å²) in [4.78, 5) is 19.6. The van der Waals surface area contributed by atoms with Gasteiger partial charge in [-0.15, -0.1) is 0 Å². The number of carbonyl (C=O) groups is 2. The molecule has 0 unspecified atom stereocenters. The molecule has 0 radical (unpaired) electrons. The summed E-state index contributed by atoms with van der Waals surface area (Å²) in [5.74, 6) is -0.363. The summed E-state index contributed by atoms with van der Waals surface area (Å²) in [5, 5.41) is 0.643. The minimum absolute atomic E-state index is 0.109. The summed E-state index contributed by atoms with van der Waals surface area (Å²) in [7, 11) is 0. The van der Waals surface area contributed by atoms with Gasteiger partial charge in [0.25, 0.3) is 0 Å². The van der Waals surface area contributed by atoms with Crippen LogP contribution >= 0.6 is 11.6 Å². The van der Waals surface area contributed by atoms with Crippen LogP contribution in [-0.4, -0.2) is 11.8 Å². The van der Waals surface area contributed by atoms with Gasteiger partial charge in [-0.05, 0) is 80.8 Å². The van der Waals surface area contributed by atoms with Gasteiger partial charge in [0.15, 0.2) is 0 Å². The van der Waals surface area contributed by atoms with Gasteiger partial charge in [-0.2, -0.15) is 0 Å². The van der Waals surface area contributed by atoms with Gasteiger partial charge >= 0.3 is 0 Å². The summed E-state index contributed by atoms with van der Waals surface area (Å²) < 4.78 is 14.0. The Bertz CT molecular complexity index is 763. The molecule has 1 aromatic rings. The number of hydrogen-bond donors (Lipinski definition) is 2. The van der Waals surface area contributed by atoms with E-state index in [9.17, 15) is 14.0 Å². The second-order valence-electron chi connectivity index (χ2n) is 9.82. The minimum atomic E-state index is -0.333. The molecule has 3 aliphatic carbocycles. The predicted molar refractivity (Wildman–Crippen MR) is 119 cm³/mol. The van der Waals surface area contributed by atoms with Crippen LogP contribution in [0, 0.1) is 29.5 Å². The van der Waals surface area contributed by atoms with E-state index < -0.39 is 0 Å². The molecule has 0 saturated heterocycles. The van der Waals surface area contributed by atoms with Crippen molar-refractivity contribution in [1.29, 1.82) is 0 Å². The molecule has 0 aliphatic heterocycles. The predicted octanol–water partition coefficient (Wildman–Crippen LogP) is 5.45. The number of primary amides is 2. The topological polar surface area (TPSA) is 86.2 Å². The van der Waals surface area contributed by atoms with E-state index >= 15 is 0 Å². The maximum Gasteiger partial charge on any atom is 0.220 e. The molecule has 4 nitrogen and oxygen atoms in total. The number of nitrogens with two attached hydrogens (primary N) is 2. The highest BCUT2D eigenvalue weighted by Crippen LogP contribution is 2.62. The van der Waals surface area contributed by atoms with Crippen LogP contribution in [0.1, 0.15) is 82.8 Å². The molecule has 0 spiro atoms. The van der Waals surface area contributed by atoms with Crippen LogP contribution in [0.15, 0.2) is 12.1 Å². The average Bonchev–Trinajstić information content (AvgIpc) is 3.37. The fourth-order valence-electron chi connectivity index (χ4n) is 5.34. The molecule has 4 N–H and O–H groups in total. The highest BCUT2D eigenvalue weighted by molar-refractivity contribution is 6.32. The van der Waals surface area contributed by atoms with Crippen molar-refractivity contribution in [3.8, 4) is 0 Å². The Morgan fingerprint density at radius 2 is 1.67 bits per heavy atom. The minimum Gasteiger partial charge on any atom is -0.370 e. The summed E-state index contributed by atoms with van der Waals surface area (Å²) in [6.45, 7) is 5.65. The number of aryl methyl sites for hydroxylation is 1. The lowest BCUT2D eigenvalue weighted by Crippen LogP contribution is -2.19. The van der Waals surface area contributed by atoms with Gasteiger partial charge < -0.3 is 11.5 Å². The Morgan fingerprint density at radius 1 is 1.13 bits per heavy atom. The zero-order chi connectivity index (χ0) is 22.5. The van der Waals surface area contributed by atoms with Crippen molar-refractivity contribution in [2.45, 2.75) is 85.0 Å². The van der Waals surface area contributed by atoms with Crippen LogP contribution in [0.4, 0.5) is 4.39 Å². The van der Waals surface area contributed by atoms with E-state index in [1.165, 1.54) is 51.9 Å². The van der Waals surface area contributed by atoms with Crippen molar-refractivity contribution in [2.75, 3.05) is 0 Å². The van der Waals surface area contributed by atoms with E-state index in [2.05, 4.69) is 12.7 Å². The molecule has 2 amide bonds. The first-order valence-corrected chi connectivity index (χ1v) is 11.3. The summed E-state index contributed by atoms with van der Waals surface area (Å²) in [6, 6.07) is 3.34. The Kier molecular flexibility index (Phi) is 8.32. The zero-order valence-corrected chi connectivity index (χ0v) is 19.3. The molecule has 0 atom stereocenters. The number of amides is 2. The fourth-order valence-corrected chi connectivity index (χ4v) is 5.56. The van der Waals surface area contributed by atoms with Gasteiger partial charge in [-0.1, -0.05) is 37.4 Å². The number of fused-ring (bicyclic) bond motifs is 2. The quantitative estimate of drug-likeness (QED) is 0.656. The number of rotatable bonds is 3. The van der Waals surface area contributed by atoms with Crippen molar-refractivity contribution < 1.29 is 14.0 Å². The molecule has 3 fully saturated rings. The molecule has 0 heterocycles. The van der Waals surface area contributed by atoms with Crippen molar-refractivity contribution in [2.24, 2.45) is 28.2 Å². The average molecular weight is 439 g/mol. The molecule has 168 valence electrons. The maximum absolute atomic E-state index is 14.0. The van der Waals surface area contributed by atoms with E-state index in [-0.39, 0.29) is 23.5 Å². The third kappa shape index (κ3) is 6.44. The highest BCUT2D eigenvalue weighted by Gasteiger charge is 2.51. The van der Waals surface area contributed by atoms with Crippen LogP contribution in [0.5, 0.6) is 0 Å². The zero-order valence-electron chi connectivity index (χ0n) is 18.5. The maximum atomic E-state index is 14.0. The lowest BCUT2D eigenvalue weighted by molar-refractivity contribution is -0.121. The van der Waals surface area contributed by atoms with Crippen LogP contribution in [0.3, 0.4) is 0 Å². The first-order chi connectivity index (χ1) is 14.0. The Hall–Kier alpha value is -1.62. The lowest BCUT2D eigenvalue weighted by atomic mass is 9.78. The normalized spacial score (nSPS) is 27.1. The molecule has 30 heavy (non-hydrogen) atoms. The van der Waals surface area contributed by atoms with Crippen LogP contribution in [0.2, 0.25) is 5.02 Å². The van der Waals surface area contributed by atoms with Crippen LogP contribution in [0.25, 0.3) is 0 Å². The molecule has 4 rings (SSSR count). The van der Waals surface area contributed by atoms with Gasteiger partial charge in [0, 0.05) is 23.4 Å². The van der Waals surface area contributed by atoms with Gasteiger partial charge in [0.05, 0.1) is 0 Å². The van der Waals surface area contributed by atoms with Crippen molar-refractivity contribution in [3.05, 3.63) is 34.1 Å². The molecule has 3 saturated carbocycles. The second-order valence-corrected chi connectivity index (χ2v) is 10.2. The third-order valence-electron chi connectivity index (χ3n) is 7.01. The first-order valence-electron chi connectivity index (χ1n) is 11.0. The molecule has 2 bridgehead atoms. The Balaban J connectivity index is 0.000000222. The van der Waals surface area contributed by atoms with E-state index in [0.717, 1.165) is 30.4 Å². The standard InChI is InChI=1S/C16H20ClF.C6H11NO.C2H5NO/c1-11-3-4-13(18)12(14(11)17)9-16-7-5-15(2,10-16)6-8-16;7-6(8)5-3-1-2-4-5;1-2(3)4/h3-4H,5-10H2,1-2H3;5H,1-4H2,(H2,7,8);1H3,(H2,3,4).